The number of fused-ring (bicyclic) bond motifs is 1. The number of hydrogen-bond donors (Lipinski definition) is 1. The zero-order valence-electron chi connectivity index (χ0n) is 12.6. The van der Waals surface area contributed by atoms with Crippen molar-refractivity contribution >= 4 is 11.3 Å². The molecular formula is C16H25N3S. The minimum absolute atomic E-state index is 0.167. The number of aromatic nitrogens is 1. The van der Waals surface area contributed by atoms with Gasteiger partial charge in [-0.1, -0.05) is 6.92 Å². The average molecular weight is 291 g/mol. The molecule has 2 aliphatic heterocycles. The molecule has 1 saturated carbocycles. The first-order valence-electron chi connectivity index (χ1n) is 8.21. The molecule has 4 heteroatoms. The van der Waals surface area contributed by atoms with E-state index in [0.717, 1.165) is 12.5 Å². The van der Waals surface area contributed by atoms with Crippen LogP contribution in [0.25, 0.3) is 0 Å². The van der Waals surface area contributed by atoms with E-state index in [0.29, 0.717) is 6.04 Å². The molecule has 3 heterocycles. The molecule has 20 heavy (non-hydrogen) atoms. The standard InChI is InChI=1S/C16H25N3S/c1-3-13-11(2)20-15(17-13)16(18-12-6-7-12)8-10-19-9-4-5-14(16)19/h12,14,18H,3-10H2,1-2H3. The number of nitrogens with zero attached hydrogens (tertiary/aromatic N) is 2. The number of nitrogens with one attached hydrogen (secondary N) is 1. The van der Waals surface area contributed by atoms with E-state index >= 15 is 0 Å². The average Bonchev–Trinajstić information content (AvgIpc) is 2.88. The molecule has 2 atom stereocenters. The molecule has 4 rings (SSSR count). The van der Waals surface area contributed by atoms with Gasteiger partial charge in [-0.3, -0.25) is 4.90 Å². The smallest absolute Gasteiger partial charge is 0.115 e. The van der Waals surface area contributed by atoms with Crippen LogP contribution in [-0.4, -0.2) is 35.1 Å². The van der Waals surface area contributed by atoms with E-state index < -0.39 is 0 Å². The molecule has 0 radical (unpaired) electrons. The van der Waals surface area contributed by atoms with Gasteiger partial charge in [0.2, 0.25) is 0 Å². The van der Waals surface area contributed by atoms with Crippen molar-refractivity contribution in [2.24, 2.45) is 0 Å². The Morgan fingerprint density at radius 3 is 2.90 bits per heavy atom. The topological polar surface area (TPSA) is 28.2 Å². The lowest BCUT2D eigenvalue weighted by atomic mass is 9.89. The Hall–Kier alpha value is -0.450. The van der Waals surface area contributed by atoms with E-state index in [2.05, 4.69) is 24.1 Å². The van der Waals surface area contributed by atoms with Crippen molar-refractivity contribution in [1.29, 1.82) is 0 Å². The molecule has 0 amide bonds. The third-order valence-corrected chi connectivity index (χ3v) is 6.56. The predicted octanol–water partition coefficient (Wildman–Crippen LogP) is 2.83. The van der Waals surface area contributed by atoms with Gasteiger partial charge < -0.3 is 5.32 Å². The molecule has 0 bridgehead atoms. The number of hydrogen-bond acceptors (Lipinski definition) is 4. The molecule has 1 aromatic rings. The zero-order valence-corrected chi connectivity index (χ0v) is 13.4. The van der Waals surface area contributed by atoms with Crippen molar-refractivity contribution in [3.63, 3.8) is 0 Å². The van der Waals surface area contributed by atoms with Crippen molar-refractivity contribution in [3.8, 4) is 0 Å². The van der Waals surface area contributed by atoms with E-state index in [1.807, 2.05) is 11.3 Å². The fourth-order valence-electron chi connectivity index (χ4n) is 4.16. The lowest BCUT2D eigenvalue weighted by molar-refractivity contribution is 0.222. The highest BCUT2D eigenvalue weighted by Gasteiger charge is 2.53. The third-order valence-electron chi connectivity index (χ3n) is 5.37. The predicted molar refractivity (Wildman–Crippen MR) is 83.3 cm³/mol. The molecule has 0 aromatic carbocycles. The Bertz CT molecular complexity index is 508. The summed E-state index contributed by atoms with van der Waals surface area (Å²) in [5, 5.41) is 5.41. The van der Waals surface area contributed by atoms with Gasteiger partial charge in [0.25, 0.3) is 0 Å². The van der Waals surface area contributed by atoms with Gasteiger partial charge in [0.05, 0.1) is 11.2 Å². The van der Waals surface area contributed by atoms with Crippen LogP contribution >= 0.6 is 11.3 Å². The molecule has 1 aliphatic carbocycles. The van der Waals surface area contributed by atoms with Crippen LogP contribution in [0.15, 0.2) is 0 Å². The van der Waals surface area contributed by atoms with Gasteiger partial charge in [0, 0.05) is 23.5 Å². The first kappa shape index (κ1) is 13.2. The number of thiazole rings is 1. The van der Waals surface area contributed by atoms with Gasteiger partial charge in [-0.25, -0.2) is 4.98 Å². The fourth-order valence-corrected chi connectivity index (χ4v) is 5.39. The minimum Gasteiger partial charge on any atom is -0.301 e. The Balaban J connectivity index is 1.73. The van der Waals surface area contributed by atoms with Crippen LogP contribution in [0.3, 0.4) is 0 Å². The summed E-state index contributed by atoms with van der Waals surface area (Å²) in [6, 6.07) is 1.45. The highest BCUT2D eigenvalue weighted by atomic mass is 32.1. The fraction of sp³-hybridized carbons (Fsp3) is 0.812. The Morgan fingerprint density at radius 1 is 1.35 bits per heavy atom. The number of aryl methyl sites for hydroxylation is 2. The second-order valence-corrected chi connectivity index (χ2v) is 7.91. The Kier molecular flexibility index (Phi) is 3.17. The van der Waals surface area contributed by atoms with Crippen molar-refractivity contribution in [2.75, 3.05) is 13.1 Å². The van der Waals surface area contributed by atoms with Crippen LogP contribution in [0.2, 0.25) is 0 Å². The van der Waals surface area contributed by atoms with Crippen molar-refractivity contribution in [3.05, 3.63) is 15.6 Å². The van der Waals surface area contributed by atoms with Crippen LogP contribution in [0.5, 0.6) is 0 Å². The molecule has 1 aromatic heterocycles. The quantitative estimate of drug-likeness (QED) is 0.924. The minimum atomic E-state index is 0.167. The van der Waals surface area contributed by atoms with Crippen LogP contribution in [0.4, 0.5) is 0 Å². The van der Waals surface area contributed by atoms with Gasteiger partial charge in [0.1, 0.15) is 5.01 Å². The molecule has 2 unspecified atom stereocenters. The van der Waals surface area contributed by atoms with E-state index in [9.17, 15) is 0 Å². The maximum absolute atomic E-state index is 5.05. The van der Waals surface area contributed by atoms with Gasteiger partial charge in [-0.2, -0.15) is 0 Å². The maximum Gasteiger partial charge on any atom is 0.115 e. The molecule has 2 saturated heterocycles. The summed E-state index contributed by atoms with van der Waals surface area (Å²) in [4.78, 5) is 9.19. The first-order chi connectivity index (χ1) is 9.73. The Morgan fingerprint density at radius 2 is 2.20 bits per heavy atom. The summed E-state index contributed by atoms with van der Waals surface area (Å²) in [7, 11) is 0. The molecule has 0 spiro atoms. The van der Waals surface area contributed by atoms with Crippen molar-refractivity contribution < 1.29 is 0 Å². The summed E-state index contributed by atoms with van der Waals surface area (Å²) in [6.45, 7) is 7.02. The lowest BCUT2D eigenvalue weighted by Gasteiger charge is -2.35. The summed E-state index contributed by atoms with van der Waals surface area (Å²) in [5.74, 6) is 0. The van der Waals surface area contributed by atoms with E-state index in [4.69, 9.17) is 4.98 Å². The van der Waals surface area contributed by atoms with E-state index in [1.165, 1.54) is 60.8 Å². The lowest BCUT2D eigenvalue weighted by Crippen LogP contribution is -2.51. The number of rotatable bonds is 4. The monoisotopic (exact) mass is 291 g/mol. The van der Waals surface area contributed by atoms with Crippen LogP contribution in [0, 0.1) is 6.92 Å². The highest BCUT2D eigenvalue weighted by molar-refractivity contribution is 7.11. The van der Waals surface area contributed by atoms with E-state index in [-0.39, 0.29) is 5.54 Å². The molecule has 1 N–H and O–H groups in total. The summed E-state index contributed by atoms with van der Waals surface area (Å²) >= 11 is 1.95. The second kappa shape index (κ2) is 4.79. The van der Waals surface area contributed by atoms with Crippen LogP contribution in [-0.2, 0) is 12.0 Å². The molecular weight excluding hydrogens is 266 g/mol. The van der Waals surface area contributed by atoms with Gasteiger partial charge in [-0.05, 0) is 52.0 Å². The molecule has 3 fully saturated rings. The van der Waals surface area contributed by atoms with Gasteiger partial charge in [-0.15, -0.1) is 11.3 Å². The summed E-state index contributed by atoms with van der Waals surface area (Å²) in [6.07, 6.45) is 7.75. The normalized spacial score (nSPS) is 33.8. The maximum atomic E-state index is 5.05. The Labute approximate surface area is 125 Å². The van der Waals surface area contributed by atoms with Crippen molar-refractivity contribution in [1.82, 2.24) is 15.2 Å². The van der Waals surface area contributed by atoms with E-state index in [1.54, 1.807) is 0 Å². The largest absolute Gasteiger partial charge is 0.301 e. The molecule has 3 aliphatic rings. The summed E-state index contributed by atoms with van der Waals surface area (Å²) in [5.41, 5.74) is 1.49. The van der Waals surface area contributed by atoms with Crippen LogP contribution < -0.4 is 5.32 Å². The SMILES string of the molecule is CCc1nc(C2(NC3CC3)CCN3CCCC32)sc1C. The van der Waals surface area contributed by atoms with Crippen LogP contribution in [0.1, 0.15) is 54.6 Å². The van der Waals surface area contributed by atoms with Gasteiger partial charge in [0.15, 0.2) is 0 Å². The molecule has 110 valence electrons. The zero-order chi connectivity index (χ0) is 13.7. The van der Waals surface area contributed by atoms with Crippen molar-refractivity contribution in [2.45, 2.75) is 70.0 Å². The second-order valence-electron chi connectivity index (χ2n) is 6.71. The van der Waals surface area contributed by atoms with Gasteiger partial charge >= 0.3 is 0 Å². The third kappa shape index (κ3) is 1.96. The summed E-state index contributed by atoms with van der Waals surface area (Å²) < 4.78 is 0. The molecule has 3 nitrogen and oxygen atoms in total. The highest BCUT2D eigenvalue weighted by Crippen LogP contribution is 2.46. The first-order valence-corrected chi connectivity index (χ1v) is 9.03.